The third-order valence-corrected chi connectivity index (χ3v) is 9.86. The summed E-state index contributed by atoms with van der Waals surface area (Å²) in [7, 11) is -3.71. The molecule has 1 amide bonds. The number of nitrogens with zero attached hydrogens (tertiary/aromatic N) is 1. The van der Waals surface area contributed by atoms with Gasteiger partial charge in [-0.3, -0.25) is 4.79 Å². The number of ether oxygens (including phenoxy) is 1. The number of nitrogens with one attached hydrogen (secondary N) is 1. The number of sulfonamides is 1. The molecule has 1 atom stereocenters. The predicted molar refractivity (Wildman–Crippen MR) is 127 cm³/mol. The van der Waals surface area contributed by atoms with Gasteiger partial charge < -0.3 is 10.1 Å². The third kappa shape index (κ3) is 4.55. The summed E-state index contributed by atoms with van der Waals surface area (Å²) >= 11 is 8.20. The minimum Gasteiger partial charge on any atom is -0.462 e. The number of carbonyl (C=O) groups excluding carboxylic acids is 2. The lowest BCUT2D eigenvalue weighted by Gasteiger charge is -2.30. The number of piperidine rings is 1. The zero-order valence-corrected chi connectivity index (χ0v) is 20.4. The Hall–Kier alpha value is -1.98. The molecule has 1 unspecified atom stereocenters. The van der Waals surface area contributed by atoms with Crippen LogP contribution >= 0.6 is 34.3 Å². The van der Waals surface area contributed by atoms with Crippen molar-refractivity contribution >= 4 is 71.3 Å². The molecule has 1 aliphatic heterocycles. The van der Waals surface area contributed by atoms with Crippen LogP contribution in [0.25, 0.3) is 10.1 Å². The molecule has 3 heterocycles. The van der Waals surface area contributed by atoms with E-state index in [9.17, 15) is 18.0 Å². The Morgan fingerprint density at radius 2 is 2.00 bits per heavy atom. The molecule has 170 valence electrons. The fraction of sp³-hybridized carbons (Fsp3) is 0.333. The number of hydrogen-bond acceptors (Lipinski definition) is 7. The molecule has 0 aliphatic carbocycles. The first kappa shape index (κ1) is 23.2. The van der Waals surface area contributed by atoms with E-state index in [4.69, 9.17) is 16.3 Å². The summed E-state index contributed by atoms with van der Waals surface area (Å²) < 4.78 is 33.8. The molecule has 11 heteroatoms. The van der Waals surface area contributed by atoms with Gasteiger partial charge in [0.1, 0.15) is 14.8 Å². The van der Waals surface area contributed by atoms with E-state index >= 15 is 0 Å². The van der Waals surface area contributed by atoms with E-state index in [0.717, 1.165) is 16.0 Å². The largest absolute Gasteiger partial charge is 0.462 e. The van der Waals surface area contributed by atoms with Gasteiger partial charge in [-0.25, -0.2) is 13.2 Å². The normalized spacial score (nSPS) is 17.4. The highest BCUT2D eigenvalue weighted by atomic mass is 35.5. The fourth-order valence-electron chi connectivity index (χ4n) is 3.69. The standard InChI is InChI=1S/C21H21ClN2O5S3/c1-2-29-21(26)18-14-7-3-4-8-15(14)30-20(18)23-19(25)13-6-5-11-24(12-13)32(27,28)17-10-9-16(22)31-17/h3-4,7-10,13H,2,5-6,11-12H2,1H3,(H,23,25). The molecule has 0 bridgehead atoms. The second kappa shape index (κ2) is 9.48. The van der Waals surface area contributed by atoms with E-state index in [1.807, 2.05) is 24.3 Å². The highest BCUT2D eigenvalue weighted by molar-refractivity contribution is 7.91. The zero-order valence-electron chi connectivity index (χ0n) is 17.2. The lowest BCUT2D eigenvalue weighted by Crippen LogP contribution is -2.43. The maximum Gasteiger partial charge on any atom is 0.341 e. The van der Waals surface area contributed by atoms with Gasteiger partial charge >= 0.3 is 5.97 Å². The van der Waals surface area contributed by atoms with Crippen molar-refractivity contribution in [3.8, 4) is 0 Å². The molecular weight excluding hydrogens is 492 g/mol. The second-order valence-corrected chi connectivity index (χ2v) is 12.2. The van der Waals surface area contributed by atoms with Crippen LogP contribution in [0.15, 0.2) is 40.6 Å². The molecule has 1 saturated heterocycles. The Morgan fingerprint density at radius 1 is 1.22 bits per heavy atom. The summed E-state index contributed by atoms with van der Waals surface area (Å²) in [6, 6.07) is 10.4. The maximum atomic E-state index is 13.1. The van der Waals surface area contributed by atoms with Gasteiger partial charge in [0, 0.05) is 23.2 Å². The summed E-state index contributed by atoms with van der Waals surface area (Å²) in [5.41, 5.74) is 0.328. The van der Waals surface area contributed by atoms with Gasteiger partial charge in [0.05, 0.1) is 16.9 Å². The quantitative estimate of drug-likeness (QED) is 0.477. The average Bonchev–Trinajstić information content (AvgIpc) is 3.37. The number of benzene rings is 1. The minimum atomic E-state index is -3.71. The maximum absolute atomic E-state index is 13.1. The monoisotopic (exact) mass is 512 g/mol. The van der Waals surface area contributed by atoms with Crippen molar-refractivity contribution in [2.75, 3.05) is 25.0 Å². The number of carbonyl (C=O) groups is 2. The van der Waals surface area contributed by atoms with Crippen molar-refractivity contribution in [2.24, 2.45) is 5.92 Å². The molecule has 2 aromatic heterocycles. The molecule has 1 N–H and O–H groups in total. The lowest BCUT2D eigenvalue weighted by molar-refractivity contribution is -0.120. The van der Waals surface area contributed by atoms with Crippen LogP contribution in [0.1, 0.15) is 30.1 Å². The van der Waals surface area contributed by atoms with Crippen molar-refractivity contribution in [2.45, 2.75) is 24.0 Å². The Labute approximate surface area is 199 Å². The predicted octanol–water partition coefficient (Wildman–Crippen LogP) is 4.83. The van der Waals surface area contributed by atoms with Gasteiger partial charge in [-0.1, -0.05) is 29.8 Å². The Bertz CT molecular complexity index is 1270. The number of hydrogen-bond donors (Lipinski definition) is 1. The number of amides is 1. The lowest BCUT2D eigenvalue weighted by atomic mass is 9.99. The average molecular weight is 513 g/mol. The van der Waals surface area contributed by atoms with E-state index in [2.05, 4.69) is 5.32 Å². The van der Waals surface area contributed by atoms with Crippen LogP contribution in [0.3, 0.4) is 0 Å². The molecule has 1 aromatic carbocycles. The van der Waals surface area contributed by atoms with Gasteiger partial charge in [-0.2, -0.15) is 4.31 Å². The van der Waals surface area contributed by atoms with Crippen LogP contribution in [0, 0.1) is 5.92 Å². The van der Waals surface area contributed by atoms with Crippen molar-refractivity contribution in [1.29, 1.82) is 0 Å². The third-order valence-electron chi connectivity index (χ3n) is 5.21. The van der Waals surface area contributed by atoms with E-state index in [0.29, 0.717) is 39.7 Å². The number of esters is 1. The molecule has 32 heavy (non-hydrogen) atoms. The Balaban J connectivity index is 1.56. The summed E-state index contributed by atoms with van der Waals surface area (Å²) in [5, 5.41) is 4.00. The van der Waals surface area contributed by atoms with Crippen LogP contribution in [0.4, 0.5) is 5.00 Å². The molecule has 4 rings (SSSR count). The topological polar surface area (TPSA) is 92.8 Å². The number of rotatable bonds is 6. The van der Waals surface area contributed by atoms with E-state index < -0.39 is 21.9 Å². The molecule has 0 radical (unpaired) electrons. The van der Waals surface area contributed by atoms with Crippen LogP contribution < -0.4 is 5.32 Å². The zero-order chi connectivity index (χ0) is 22.9. The smallest absolute Gasteiger partial charge is 0.341 e. The van der Waals surface area contributed by atoms with E-state index in [-0.39, 0.29) is 23.3 Å². The Morgan fingerprint density at radius 3 is 2.72 bits per heavy atom. The molecule has 1 fully saturated rings. The van der Waals surface area contributed by atoms with Gasteiger partial charge in [0.25, 0.3) is 10.0 Å². The van der Waals surface area contributed by atoms with E-state index in [1.54, 1.807) is 13.0 Å². The van der Waals surface area contributed by atoms with Crippen molar-refractivity contribution in [3.63, 3.8) is 0 Å². The first-order valence-corrected chi connectivity index (χ1v) is 13.5. The van der Waals surface area contributed by atoms with Gasteiger partial charge in [-0.15, -0.1) is 22.7 Å². The SMILES string of the molecule is CCOC(=O)c1c(NC(=O)C2CCCN(S(=O)(=O)c3ccc(Cl)s3)C2)sc2ccccc12. The number of thiophene rings is 2. The molecule has 0 saturated carbocycles. The Kier molecular flexibility index (Phi) is 6.87. The van der Waals surface area contributed by atoms with Crippen LogP contribution in [-0.4, -0.2) is 44.3 Å². The van der Waals surface area contributed by atoms with Gasteiger partial charge in [0.2, 0.25) is 5.91 Å². The second-order valence-electron chi connectivity index (χ2n) is 7.27. The van der Waals surface area contributed by atoms with Crippen molar-refractivity contribution in [3.05, 3.63) is 46.3 Å². The van der Waals surface area contributed by atoms with Crippen molar-refractivity contribution in [1.82, 2.24) is 4.31 Å². The van der Waals surface area contributed by atoms with Crippen LogP contribution in [0.2, 0.25) is 4.34 Å². The first-order valence-electron chi connectivity index (χ1n) is 10.1. The minimum absolute atomic E-state index is 0.0727. The van der Waals surface area contributed by atoms with Crippen molar-refractivity contribution < 1.29 is 22.7 Å². The van der Waals surface area contributed by atoms with Gasteiger partial charge in [0.15, 0.2) is 0 Å². The molecule has 0 spiro atoms. The van der Waals surface area contributed by atoms with Crippen LogP contribution in [0.5, 0.6) is 0 Å². The highest BCUT2D eigenvalue weighted by Gasteiger charge is 2.35. The summed E-state index contributed by atoms with van der Waals surface area (Å²) in [6.07, 6.45) is 1.12. The molecular formula is C21H21ClN2O5S3. The number of halogens is 1. The molecule has 1 aliphatic rings. The highest BCUT2D eigenvalue weighted by Crippen LogP contribution is 2.37. The van der Waals surface area contributed by atoms with E-state index in [1.165, 1.54) is 21.7 Å². The first-order chi connectivity index (χ1) is 15.3. The summed E-state index contributed by atoms with van der Waals surface area (Å²) in [5.74, 6) is -1.34. The fourth-order valence-corrected chi connectivity index (χ4v) is 7.95. The van der Waals surface area contributed by atoms with Gasteiger partial charge in [-0.05, 0) is 38.0 Å². The number of anilines is 1. The number of fused-ring (bicyclic) bond motifs is 1. The summed E-state index contributed by atoms with van der Waals surface area (Å²) in [6.45, 7) is 2.36. The summed E-state index contributed by atoms with van der Waals surface area (Å²) in [4.78, 5) is 25.7. The molecule has 3 aromatic rings. The van der Waals surface area contributed by atoms with Crippen LogP contribution in [-0.2, 0) is 19.6 Å². The molecule has 7 nitrogen and oxygen atoms in total.